The number of hydrogen-bond acceptors (Lipinski definition) is 3. The molecule has 0 aromatic heterocycles. The van der Waals surface area contributed by atoms with E-state index in [0.29, 0.717) is 12.5 Å². The first kappa shape index (κ1) is 13.3. The molecule has 0 rings (SSSR count). The zero-order chi connectivity index (χ0) is 10.5. The average molecular weight is 220 g/mol. The number of rotatable bonds is 6. The van der Waals surface area contributed by atoms with E-state index >= 15 is 0 Å². The summed E-state index contributed by atoms with van der Waals surface area (Å²) in [5.74, 6) is 0.503. The molecule has 2 atom stereocenters. The maximum absolute atomic E-state index is 6.17. The van der Waals surface area contributed by atoms with E-state index in [1.165, 1.54) is 0 Å². The third kappa shape index (κ3) is 3.91. The Kier molecular flexibility index (Phi) is 6.07. The summed E-state index contributed by atoms with van der Waals surface area (Å²) in [7, 11) is -2.06. The standard InChI is InChI=1S/C8H24N2OSi2/c1-7(2)8(10)13(4,6-5-9)11-12-3/h7-8H,5-6,9-10,12H2,1-4H3. The van der Waals surface area contributed by atoms with Crippen molar-refractivity contribution in [3.05, 3.63) is 0 Å². The van der Waals surface area contributed by atoms with Gasteiger partial charge in [-0.2, -0.15) is 0 Å². The Morgan fingerprint density at radius 3 is 2.31 bits per heavy atom. The molecule has 0 aliphatic carbocycles. The van der Waals surface area contributed by atoms with Crippen LogP contribution in [0, 0.1) is 5.92 Å². The molecule has 0 spiro atoms. The molecule has 80 valence electrons. The summed E-state index contributed by atoms with van der Waals surface area (Å²) >= 11 is 0. The fourth-order valence-corrected chi connectivity index (χ4v) is 7.96. The minimum Gasteiger partial charge on any atom is -0.460 e. The van der Waals surface area contributed by atoms with Gasteiger partial charge in [-0.15, -0.1) is 0 Å². The van der Waals surface area contributed by atoms with Crippen molar-refractivity contribution >= 4 is 18.1 Å². The summed E-state index contributed by atoms with van der Waals surface area (Å²) in [6.45, 7) is 9.41. The minimum atomic E-state index is -1.70. The predicted octanol–water partition coefficient (Wildman–Crippen LogP) is 0.191. The first-order chi connectivity index (χ1) is 5.98. The lowest BCUT2D eigenvalue weighted by Gasteiger charge is -2.35. The van der Waals surface area contributed by atoms with Crippen molar-refractivity contribution in [1.29, 1.82) is 0 Å². The van der Waals surface area contributed by atoms with Crippen molar-refractivity contribution in [1.82, 2.24) is 0 Å². The normalized spacial score (nSPS) is 19.6. The van der Waals surface area contributed by atoms with Gasteiger partial charge < -0.3 is 15.6 Å². The average Bonchev–Trinajstić information content (AvgIpc) is 2.03. The Bertz CT molecular complexity index is 138. The summed E-state index contributed by atoms with van der Waals surface area (Å²) in [6, 6.07) is 0.993. The van der Waals surface area contributed by atoms with Gasteiger partial charge in [-0.3, -0.25) is 0 Å². The molecule has 3 nitrogen and oxygen atoms in total. The van der Waals surface area contributed by atoms with Crippen molar-refractivity contribution in [2.24, 2.45) is 17.4 Å². The van der Waals surface area contributed by atoms with Crippen molar-refractivity contribution in [3.63, 3.8) is 0 Å². The van der Waals surface area contributed by atoms with E-state index in [-0.39, 0.29) is 15.4 Å². The van der Waals surface area contributed by atoms with Gasteiger partial charge in [0.15, 0.2) is 8.32 Å². The molecule has 0 bridgehead atoms. The summed E-state index contributed by atoms with van der Waals surface area (Å²) in [6.07, 6.45) is 0. The Balaban J connectivity index is 4.36. The quantitative estimate of drug-likeness (QED) is 0.628. The molecular weight excluding hydrogens is 196 g/mol. The largest absolute Gasteiger partial charge is 0.460 e. The number of hydrogen-bond donors (Lipinski definition) is 2. The smallest absolute Gasteiger partial charge is 0.194 e. The highest BCUT2D eigenvalue weighted by molar-refractivity contribution is 6.77. The fourth-order valence-electron chi connectivity index (χ4n) is 1.66. The van der Waals surface area contributed by atoms with E-state index < -0.39 is 8.32 Å². The van der Waals surface area contributed by atoms with Crippen LogP contribution < -0.4 is 11.5 Å². The van der Waals surface area contributed by atoms with Gasteiger partial charge in [-0.1, -0.05) is 20.4 Å². The molecule has 0 saturated heterocycles. The van der Waals surface area contributed by atoms with Crippen molar-refractivity contribution in [2.75, 3.05) is 6.54 Å². The summed E-state index contributed by atoms with van der Waals surface area (Å²) in [4.78, 5) is 0. The molecule has 0 radical (unpaired) electrons. The van der Waals surface area contributed by atoms with Gasteiger partial charge in [0.05, 0.1) is 0 Å². The molecule has 0 aliphatic rings. The molecule has 0 aliphatic heterocycles. The van der Waals surface area contributed by atoms with Crippen molar-refractivity contribution < 1.29 is 4.12 Å². The van der Waals surface area contributed by atoms with Crippen LogP contribution in [0.15, 0.2) is 0 Å². The number of nitrogens with two attached hydrogens (primary N) is 2. The van der Waals surface area contributed by atoms with Crippen LogP contribution in [0.1, 0.15) is 13.8 Å². The second kappa shape index (κ2) is 5.92. The van der Waals surface area contributed by atoms with Gasteiger partial charge in [-0.05, 0) is 25.1 Å². The highest BCUT2D eigenvalue weighted by Gasteiger charge is 2.36. The molecule has 4 N–H and O–H groups in total. The van der Waals surface area contributed by atoms with Crippen LogP contribution in [-0.4, -0.2) is 30.3 Å². The van der Waals surface area contributed by atoms with E-state index in [1.54, 1.807) is 0 Å². The van der Waals surface area contributed by atoms with E-state index in [4.69, 9.17) is 15.6 Å². The Hall–Kier alpha value is 0.314. The second-order valence-electron chi connectivity index (χ2n) is 4.05. The lowest BCUT2D eigenvalue weighted by Crippen LogP contribution is -2.56. The maximum Gasteiger partial charge on any atom is 0.194 e. The molecule has 2 unspecified atom stereocenters. The van der Waals surface area contributed by atoms with Gasteiger partial charge in [0.1, 0.15) is 9.76 Å². The maximum atomic E-state index is 6.17. The van der Waals surface area contributed by atoms with Gasteiger partial charge in [-0.25, -0.2) is 0 Å². The monoisotopic (exact) mass is 220 g/mol. The van der Waals surface area contributed by atoms with Crippen LogP contribution in [0.3, 0.4) is 0 Å². The highest BCUT2D eigenvalue weighted by atomic mass is 28.4. The summed E-state index contributed by atoms with van der Waals surface area (Å²) in [5.41, 5.74) is 12.0. The van der Waals surface area contributed by atoms with Crippen molar-refractivity contribution in [2.45, 2.75) is 38.7 Å². The van der Waals surface area contributed by atoms with Crippen molar-refractivity contribution in [3.8, 4) is 0 Å². The molecular formula is C8H24N2OSi2. The molecule has 0 amide bonds. The molecule has 0 aromatic rings. The van der Waals surface area contributed by atoms with E-state index in [0.717, 1.165) is 6.04 Å². The summed E-state index contributed by atoms with van der Waals surface area (Å²) in [5, 5.41) is 0. The highest BCUT2D eigenvalue weighted by Crippen LogP contribution is 2.19. The lowest BCUT2D eigenvalue weighted by atomic mass is 10.2. The Morgan fingerprint density at radius 2 is 2.00 bits per heavy atom. The third-order valence-corrected chi connectivity index (χ3v) is 9.69. The molecule has 5 heteroatoms. The topological polar surface area (TPSA) is 61.3 Å². The third-order valence-electron chi connectivity index (χ3n) is 2.54. The minimum absolute atomic E-state index is 0.225. The lowest BCUT2D eigenvalue weighted by molar-refractivity contribution is 0.491. The Morgan fingerprint density at radius 1 is 1.46 bits per heavy atom. The molecule has 0 aromatic carbocycles. The predicted molar refractivity (Wildman–Crippen MR) is 63.8 cm³/mol. The molecule has 0 fully saturated rings. The van der Waals surface area contributed by atoms with Gasteiger partial charge in [0.2, 0.25) is 0 Å². The second-order valence-corrected chi connectivity index (χ2v) is 9.58. The van der Waals surface area contributed by atoms with Gasteiger partial charge in [0.25, 0.3) is 0 Å². The first-order valence-corrected chi connectivity index (χ1v) is 9.76. The van der Waals surface area contributed by atoms with E-state index in [9.17, 15) is 0 Å². The summed E-state index contributed by atoms with van der Waals surface area (Å²) < 4.78 is 5.97. The van der Waals surface area contributed by atoms with Crippen LogP contribution in [0.4, 0.5) is 0 Å². The van der Waals surface area contributed by atoms with E-state index in [2.05, 4.69) is 26.9 Å². The first-order valence-electron chi connectivity index (χ1n) is 5.07. The SMILES string of the molecule is C[SiH2]O[Si](C)(CCN)C(N)C(C)C. The van der Waals surface area contributed by atoms with Crippen LogP contribution in [-0.2, 0) is 4.12 Å². The van der Waals surface area contributed by atoms with Crippen LogP contribution >= 0.6 is 0 Å². The van der Waals surface area contributed by atoms with Crippen LogP contribution in [0.25, 0.3) is 0 Å². The molecule has 0 heterocycles. The zero-order valence-electron chi connectivity index (χ0n) is 9.34. The van der Waals surface area contributed by atoms with Gasteiger partial charge >= 0.3 is 0 Å². The van der Waals surface area contributed by atoms with E-state index in [1.807, 2.05) is 0 Å². The van der Waals surface area contributed by atoms with Crippen LogP contribution in [0.2, 0.25) is 19.1 Å². The van der Waals surface area contributed by atoms with Gasteiger partial charge in [0, 0.05) is 5.67 Å². The Labute approximate surface area is 85.3 Å². The van der Waals surface area contributed by atoms with Crippen LogP contribution in [0.5, 0.6) is 0 Å². The molecule has 0 saturated carbocycles. The molecule has 13 heavy (non-hydrogen) atoms. The zero-order valence-corrected chi connectivity index (χ0v) is 11.8. The fraction of sp³-hybridized carbons (Fsp3) is 1.00.